The second-order valence-electron chi connectivity index (χ2n) is 7.93. The first-order valence-electron chi connectivity index (χ1n) is 10.9. The molecule has 0 fully saturated rings. The highest BCUT2D eigenvalue weighted by atomic mass is 16.5. The number of rotatable bonds is 9. The number of methoxy groups -OCH3 is 1. The number of amides is 2. The number of hydrogen-bond acceptors (Lipinski definition) is 4. The van der Waals surface area contributed by atoms with Crippen LogP contribution >= 0.6 is 0 Å². The molecule has 0 aliphatic heterocycles. The minimum Gasteiger partial charge on any atom is -0.497 e. The molecule has 0 spiro atoms. The molecule has 4 N–H and O–H groups in total. The van der Waals surface area contributed by atoms with Crippen LogP contribution in [0.1, 0.15) is 23.0 Å². The number of imidazole rings is 1. The molecule has 3 aromatic carbocycles. The normalized spacial score (nSPS) is 12.8. The molecule has 0 radical (unpaired) electrons. The van der Waals surface area contributed by atoms with Crippen molar-refractivity contribution in [1.29, 1.82) is 0 Å². The van der Waals surface area contributed by atoms with Crippen LogP contribution in [-0.4, -0.2) is 40.9 Å². The van der Waals surface area contributed by atoms with Gasteiger partial charge in [-0.25, -0.2) is 9.78 Å². The van der Waals surface area contributed by atoms with Gasteiger partial charge in [-0.15, -0.1) is 0 Å². The third kappa shape index (κ3) is 5.90. The Morgan fingerprint density at radius 2 is 1.64 bits per heavy atom. The van der Waals surface area contributed by atoms with Gasteiger partial charge in [-0.3, -0.25) is 0 Å². The van der Waals surface area contributed by atoms with Crippen LogP contribution in [0.15, 0.2) is 78.9 Å². The number of aromatic amines is 1. The SMILES string of the molecule is COc1ccc(C[C@@H](NC(=O)N[C@@H](CO)Cc2ccccc2)c2nc3ccccc3[nH]2)cc1. The van der Waals surface area contributed by atoms with Gasteiger partial charge in [0.2, 0.25) is 0 Å². The largest absolute Gasteiger partial charge is 0.497 e. The van der Waals surface area contributed by atoms with E-state index in [-0.39, 0.29) is 18.7 Å². The van der Waals surface area contributed by atoms with Gasteiger partial charge in [-0.1, -0.05) is 54.6 Å². The van der Waals surface area contributed by atoms with Gasteiger partial charge in [-0.05, 0) is 48.2 Å². The Morgan fingerprint density at radius 1 is 0.939 bits per heavy atom. The first kappa shape index (κ1) is 22.4. The first-order chi connectivity index (χ1) is 16.1. The van der Waals surface area contributed by atoms with Crippen LogP contribution in [0.4, 0.5) is 4.79 Å². The van der Waals surface area contributed by atoms with Crippen LogP contribution in [0.25, 0.3) is 11.0 Å². The third-order valence-electron chi connectivity index (χ3n) is 5.52. The van der Waals surface area contributed by atoms with E-state index in [4.69, 9.17) is 9.72 Å². The van der Waals surface area contributed by atoms with Crippen LogP contribution in [0, 0.1) is 0 Å². The predicted molar refractivity (Wildman–Crippen MR) is 128 cm³/mol. The number of carbonyl (C=O) groups is 1. The maximum Gasteiger partial charge on any atom is 0.315 e. The van der Waals surface area contributed by atoms with Crippen molar-refractivity contribution in [2.75, 3.05) is 13.7 Å². The molecule has 0 saturated carbocycles. The summed E-state index contributed by atoms with van der Waals surface area (Å²) < 4.78 is 5.25. The maximum absolute atomic E-state index is 12.9. The molecule has 1 heterocycles. The molecule has 1 aromatic heterocycles. The number of urea groups is 1. The molecule has 4 aromatic rings. The Balaban J connectivity index is 1.51. The molecule has 0 bridgehead atoms. The fourth-order valence-electron chi connectivity index (χ4n) is 3.80. The topological polar surface area (TPSA) is 99.3 Å². The molecule has 170 valence electrons. The molecule has 7 heteroatoms. The molecule has 2 amide bonds. The number of H-pyrrole nitrogens is 1. The van der Waals surface area contributed by atoms with Crippen molar-refractivity contribution in [3.05, 3.63) is 95.8 Å². The molecule has 0 aliphatic rings. The lowest BCUT2D eigenvalue weighted by molar-refractivity contribution is 0.212. The number of benzene rings is 3. The van der Waals surface area contributed by atoms with E-state index in [1.165, 1.54) is 0 Å². The standard InChI is InChI=1S/C26H28N4O3/c1-33-21-13-11-19(12-14-21)16-24(25-28-22-9-5-6-10-23(22)29-25)30-26(32)27-20(17-31)15-18-7-3-2-4-8-18/h2-14,20,24,31H,15-17H2,1H3,(H,28,29)(H2,27,30,32)/t20-,24-/m1/s1. The Kier molecular flexibility index (Phi) is 7.22. The van der Waals surface area contributed by atoms with E-state index in [1.54, 1.807) is 7.11 Å². The number of nitrogens with one attached hydrogen (secondary N) is 3. The van der Waals surface area contributed by atoms with Gasteiger partial charge in [0.1, 0.15) is 11.6 Å². The van der Waals surface area contributed by atoms with E-state index in [0.29, 0.717) is 18.7 Å². The zero-order chi connectivity index (χ0) is 23.0. The van der Waals surface area contributed by atoms with Crippen molar-refractivity contribution in [3.8, 4) is 5.75 Å². The number of ether oxygens (including phenoxy) is 1. The van der Waals surface area contributed by atoms with E-state index < -0.39 is 6.04 Å². The summed E-state index contributed by atoms with van der Waals surface area (Å²) in [6, 6.07) is 24.1. The highest BCUT2D eigenvalue weighted by Crippen LogP contribution is 2.21. The van der Waals surface area contributed by atoms with Crippen LogP contribution in [-0.2, 0) is 12.8 Å². The second-order valence-corrected chi connectivity index (χ2v) is 7.93. The summed E-state index contributed by atoms with van der Waals surface area (Å²) in [6.07, 6.45) is 1.08. The Morgan fingerprint density at radius 3 is 2.33 bits per heavy atom. The molecule has 7 nitrogen and oxygen atoms in total. The summed E-state index contributed by atoms with van der Waals surface area (Å²) in [5.41, 5.74) is 3.83. The zero-order valence-electron chi connectivity index (χ0n) is 18.5. The molecule has 0 saturated heterocycles. The first-order valence-corrected chi connectivity index (χ1v) is 10.9. The third-order valence-corrected chi connectivity index (χ3v) is 5.52. The van der Waals surface area contributed by atoms with Gasteiger partial charge in [0.15, 0.2) is 0 Å². The van der Waals surface area contributed by atoms with Gasteiger partial charge in [0, 0.05) is 0 Å². The van der Waals surface area contributed by atoms with Crippen molar-refractivity contribution in [2.45, 2.75) is 24.9 Å². The summed E-state index contributed by atoms with van der Waals surface area (Å²) >= 11 is 0. The lowest BCUT2D eigenvalue weighted by Gasteiger charge is -2.21. The number of para-hydroxylation sites is 2. The number of aliphatic hydroxyl groups excluding tert-OH is 1. The predicted octanol–water partition coefficient (Wildman–Crippen LogP) is 3.76. The van der Waals surface area contributed by atoms with Crippen LogP contribution in [0.3, 0.4) is 0 Å². The van der Waals surface area contributed by atoms with Crippen molar-refractivity contribution >= 4 is 17.1 Å². The molecule has 0 aliphatic carbocycles. The quantitative estimate of drug-likeness (QED) is 0.316. The molecule has 2 atom stereocenters. The maximum atomic E-state index is 12.9. The van der Waals surface area contributed by atoms with Gasteiger partial charge in [0.25, 0.3) is 0 Å². The number of fused-ring (bicyclic) bond motifs is 1. The zero-order valence-corrected chi connectivity index (χ0v) is 18.5. The van der Waals surface area contributed by atoms with Crippen molar-refractivity contribution in [2.24, 2.45) is 0 Å². The molecule has 0 unspecified atom stereocenters. The van der Waals surface area contributed by atoms with Gasteiger partial charge >= 0.3 is 6.03 Å². The number of aromatic nitrogens is 2. The van der Waals surface area contributed by atoms with E-state index in [2.05, 4.69) is 15.6 Å². The highest BCUT2D eigenvalue weighted by molar-refractivity contribution is 5.76. The number of nitrogens with zero attached hydrogens (tertiary/aromatic N) is 1. The molecule has 33 heavy (non-hydrogen) atoms. The van der Waals surface area contributed by atoms with Gasteiger partial charge in [0.05, 0.1) is 36.8 Å². The smallest absolute Gasteiger partial charge is 0.315 e. The lowest BCUT2D eigenvalue weighted by atomic mass is 10.0. The van der Waals surface area contributed by atoms with E-state index >= 15 is 0 Å². The summed E-state index contributed by atoms with van der Waals surface area (Å²) in [6.45, 7) is -0.157. The van der Waals surface area contributed by atoms with E-state index in [9.17, 15) is 9.90 Å². The molecular formula is C26H28N4O3. The number of hydrogen-bond donors (Lipinski definition) is 4. The van der Waals surface area contributed by atoms with Crippen LogP contribution in [0.5, 0.6) is 5.75 Å². The summed E-state index contributed by atoms with van der Waals surface area (Å²) in [5, 5.41) is 15.7. The minimum atomic E-state index is -0.398. The Bertz CT molecular complexity index is 1140. The summed E-state index contributed by atoms with van der Waals surface area (Å²) in [7, 11) is 1.63. The Labute approximate surface area is 192 Å². The summed E-state index contributed by atoms with van der Waals surface area (Å²) in [5.74, 6) is 1.45. The molecule has 4 rings (SSSR count). The van der Waals surface area contributed by atoms with Crippen LogP contribution in [0.2, 0.25) is 0 Å². The van der Waals surface area contributed by atoms with E-state index in [0.717, 1.165) is 27.9 Å². The fourth-order valence-corrected chi connectivity index (χ4v) is 3.80. The Hall–Kier alpha value is -3.84. The highest BCUT2D eigenvalue weighted by Gasteiger charge is 2.21. The molecular weight excluding hydrogens is 416 g/mol. The number of aliphatic hydroxyl groups is 1. The van der Waals surface area contributed by atoms with Gasteiger partial charge in [-0.2, -0.15) is 0 Å². The van der Waals surface area contributed by atoms with Crippen molar-refractivity contribution < 1.29 is 14.6 Å². The van der Waals surface area contributed by atoms with Crippen LogP contribution < -0.4 is 15.4 Å². The van der Waals surface area contributed by atoms with Crippen molar-refractivity contribution in [1.82, 2.24) is 20.6 Å². The lowest BCUT2D eigenvalue weighted by Crippen LogP contribution is -2.46. The fraction of sp³-hybridized carbons (Fsp3) is 0.231. The average Bonchev–Trinajstić information content (AvgIpc) is 3.29. The van der Waals surface area contributed by atoms with Crippen molar-refractivity contribution in [3.63, 3.8) is 0 Å². The monoisotopic (exact) mass is 444 g/mol. The summed E-state index contributed by atoms with van der Waals surface area (Å²) in [4.78, 5) is 20.9. The van der Waals surface area contributed by atoms with E-state index in [1.807, 2.05) is 78.9 Å². The average molecular weight is 445 g/mol. The van der Waals surface area contributed by atoms with Gasteiger partial charge < -0.3 is 25.5 Å². The number of carbonyl (C=O) groups excluding carboxylic acids is 1. The second kappa shape index (κ2) is 10.7. The minimum absolute atomic E-state index is 0.157.